The first-order chi connectivity index (χ1) is 12.7. The van der Waals surface area contributed by atoms with Crippen molar-refractivity contribution in [1.82, 2.24) is 4.90 Å². The molecule has 3 heterocycles. The molecule has 0 aromatic rings. The standard InChI is InChI=1S/C11H20N2.C11H21N.C2H6/c1-9(2)10-6-11(7-12-10)4-5-13(3)8-11;1-5-11(6-2)7-10(9(3)4)12-8-11;1-2/h9H,4-8H2,1-3H3;9H,5-8H2,1-4H3;1-2H3. The highest BCUT2D eigenvalue weighted by atomic mass is 15.1. The average molecular weight is 378 g/mol. The van der Waals surface area contributed by atoms with Gasteiger partial charge in [-0.15, -0.1) is 0 Å². The van der Waals surface area contributed by atoms with E-state index in [1.165, 1.54) is 56.6 Å². The normalized spacial score (nSPS) is 26.6. The first-order valence-corrected chi connectivity index (χ1v) is 11.5. The largest absolute Gasteiger partial charge is 0.306 e. The molecular weight excluding hydrogens is 330 g/mol. The van der Waals surface area contributed by atoms with Crippen molar-refractivity contribution in [2.45, 2.75) is 87.5 Å². The Kier molecular flexibility index (Phi) is 9.68. The summed E-state index contributed by atoms with van der Waals surface area (Å²) in [6.07, 6.45) is 6.42. The second-order valence-corrected chi connectivity index (χ2v) is 9.47. The molecule has 1 saturated heterocycles. The van der Waals surface area contributed by atoms with Crippen molar-refractivity contribution in [2.75, 3.05) is 33.2 Å². The minimum atomic E-state index is 0.527. The van der Waals surface area contributed by atoms with Gasteiger partial charge in [-0.2, -0.15) is 0 Å². The van der Waals surface area contributed by atoms with Crippen LogP contribution in [0.1, 0.15) is 87.5 Å². The molecule has 0 aromatic carbocycles. The number of hydrogen-bond acceptors (Lipinski definition) is 3. The molecule has 0 saturated carbocycles. The van der Waals surface area contributed by atoms with Gasteiger partial charge in [0, 0.05) is 36.5 Å². The number of aliphatic imine (C=N–C) groups is 2. The molecule has 1 unspecified atom stereocenters. The smallest absolute Gasteiger partial charge is 0.0461 e. The molecule has 3 aliphatic heterocycles. The Hall–Kier alpha value is -0.700. The molecule has 0 aromatic heterocycles. The fourth-order valence-electron chi connectivity index (χ4n) is 4.46. The molecule has 3 nitrogen and oxygen atoms in total. The third-order valence-corrected chi connectivity index (χ3v) is 6.81. The Labute approximate surface area is 170 Å². The predicted molar refractivity (Wildman–Crippen MR) is 122 cm³/mol. The summed E-state index contributed by atoms with van der Waals surface area (Å²) < 4.78 is 0. The molecular formula is C24H47N3. The fourth-order valence-corrected chi connectivity index (χ4v) is 4.46. The molecule has 27 heavy (non-hydrogen) atoms. The monoisotopic (exact) mass is 377 g/mol. The zero-order chi connectivity index (χ0) is 20.7. The number of likely N-dealkylation sites (tertiary alicyclic amines) is 1. The molecule has 1 fully saturated rings. The molecule has 1 spiro atoms. The summed E-state index contributed by atoms with van der Waals surface area (Å²) in [6, 6.07) is 0. The highest BCUT2D eigenvalue weighted by Gasteiger charge is 2.41. The minimum Gasteiger partial charge on any atom is -0.306 e. The van der Waals surface area contributed by atoms with Crippen molar-refractivity contribution in [3.8, 4) is 0 Å². The van der Waals surface area contributed by atoms with E-state index in [9.17, 15) is 0 Å². The molecule has 158 valence electrons. The van der Waals surface area contributed by atoms with Gasteiger partial charge in [0.25, 0.3) is 0 Å². The Bertz CT molecular complexity index is 500. The third-order valence-electron chi connectivity index (χ3n) is 6.81. The Balaban J connectivity index is 0.000000248. The van der Waals surface area contributed by atoms with Crippen molar-refractivity contribution >= 4 is 11.4 Å². The maximum atomic E-state index is 4.69. The second-order valence-electron chi connectivity index (χ2n) is 9.47. The van der Waals surface area contributed by atoms with E-state index in [-0.39, 0.29) is 0 Å². The van der Waals surface area contributed by atoms with Crippen molar-refractivity contribution in [3.63, 3.8) is 0 Å². The summed E-state index contributed by atoms with van der Waals surface area (Å²) in [4.78, 5) is 11.8. The van der Waals surface area contributed by atoms with Crippen molar-refractivity contribution in [3.05, 3.63) is 0 Å². The van der Waals surface area contributed by atoms with E-state index in [0.717, 1.165) is 13.1 Å². The zero-order valence-corrected chi connectivity index (χ0v) is 19.9. The summed E-state index contributed by atoms with van der Waals surface area (Å²) in [6.45, 7) is 22.3. The SMILES string of the molecule is CC.CC(C)C1=NCC2(CCN(C)C2)C1.CCC1(CC)CN=C(C(C)C)C1. The number of nitrogens with zero attached hydrogens (tertiary/aromatic N) is 3. The second kappa shape index (κ2) is 10.7. The van der Waals surface area contributed by atoms with E-state index < -0.39 is 0 Å². The van der Waals surface area contributed by atoms with Crippen LogP contribution in [0.4, 0.5) is 0 Å². The number of rotatable bonds is 4. The molecule has 3 rings (SSSR count). The van der Waals surface area contributed by atoms with Gasteiger partial charge in [0.1, 0.15) is 0 Å². The summed E-state index contributed by atoms with van der Waals surface area (Å²) in [5.74, 6) is 1.32. The third kappa shape index (κ3) is 6.41. The van der Waals surface area contributed by atoms with Gasteiger partial charge in [0.15, 0.2) is 0 Å². The van der Waals surface area contributed by atoms with E-state index >= 15 is 0 Å². The van der Waals surface area contributed by atoms with Gasteiger partial charge >= 0.3 is 0 Å². The summed E-state index contributed by atoms with van der Waals surface area (Å²) >= 11 is 0. The molecule has 3 aliphatic rings. The van der Waals surface area contributed by atoms with Crippen LogP contribution in [0.15, 0.2) is 9.98 Å². The lowest BCUT2D eigenvalue weighted by Crippen LogP contribution is -2.26. The molecule has 0 radical (unpaired) electrons. The molecule has 0 amide bonds. The van der Waals surface area contributed by atoms with E-state index in [1.807, 2.05) is 13.8 Å². The average Bonchev–Trinajstić information content (AvgIpc) is 3.37. The lowest BCUT2D eigenvalue weighted by Gasteiger charge is -2.24. The highest BCUT2D eigenvalue weighted by Crippen LogP contribution is 2.39. The van der Waals surface area contributed by atoms with E-state index in [1.54, 1.807) is 0 Å². The first-order valence-electron chi connectivity index (χ1n) is 11.5. The Morgan fingerprint density at radius 3 is 1.74 bits per heavy atom. The Morgan fingerprint density at radius 2 is 1.41 bits per heavy atom. The van der Waals surface area contributed by atoms with Gasteiger partial charge in [-0.1, -0.05) is 55.4 Å². The van der Waals surface area contributed by atoms with E-state index in [4.69, 9.17) is 4.99 Å². The lowest BCUT2D eigenvalue weighted by atomic mass is 9.79. The maximum Gasteiger partial charge on any atom is 0.0461 e. The molecule has 0 bridgehead atoms. The van der Waals surface area contributed by atoms with Crippen LogP contribution in [0, 0.1) is 22.7 Å². The molecule has 0 N–H and O–H groups in total. The predicted octanol–water partition coefficient (Wildman–Crippen LogP) is 6.13. The molecule has 0 aliphatic carbocycles. The molecule has 3 heteroatoms. The van der Waals surface area contributed by atoms with Crippen molar-refractivity contribution in [1.29, 1.82) is 0 Å². The quantitative estimate of drug-likeness (QED) is 0.579. The van der Waals surface area contributed by atoms with Crippen molar-refractivity contribution in [2.24, 2.45) is 32.7 Å². The van der Waals surface area contributed by atoms with E-state index in [2.05, 4.69) is 58.5 Å². The van der Waals surface area contributed by atoms with Crippen LogP contribution < -0.4 is 0 Å². The minimum absolute atomic E-state index is 0.527. The van der Waals surface area contributed by atoms with E-state index in [0.29, 0.717) is 22.7 Å². The lowest BCUT2D eigenvalue weighted by molar-refractivity contribution is 0.304. The summed E-state index contributed by atoms with van der Waals surface area (Å²) in [5, 5.41) is 0. The van der Waals surface area contributed by atoms with Gasteiger partial charge in [-0.3, -0.25) is 9.98 Å². The van der Waals surface area contributed by atoms with Crippen LogP contribution in [-0.4, -0.2) is 49.5 Å². The van der Waals surface area contributed by atoms with Crippen LogP contribution in [0.2, 0.25) is 0 Å². The first kappa shape index (κ1) is 24.3. The summed E-state index contributed by atoms with van der Waals surface area (Å²) in [5.41, 5.74) is 3.96. The summed E-state index contributed by atoms with van der Waals surface area (Å²) in [7, 11) is 2.22. The van der Waals surface area contributed by atoms with Crippen molar-refractivity contribution < 1.29 is 0 Å². The fraction of sp³-hybridized carbons (Fsp3) is 0.917. The van der Waals surface area contributed by atoms with Crippen LogP contribution in [0.25, 0.3) is 0 Å². The van der Waals surface area contributed by atoms with Crippen LogP contribution >= 0.6 is 0 Å². The van der Waals surface area contributed by atoms with Gasteiger partial charge in [0.2, 0.25) is 0 Å². The van der Waals surface area contributed by atoms with Crippen LogP contribution in [0.5, 0.6) is 0 Å². The van der Waals surface area contributed by atoms with Gasteiger partial charge in [-0.25, -0.2) is 0 Å². The molecule has 1 atom stereocenters. The van der Waals surface area contributed by atoms with Gasteiger partial charge in [0.05, 0.1) is 0 Å². The Morgan fingerprint density at radius 1 is 0.889 bits per heavy atom. The topological polar surface area (TPSA) is 28.0 Å². The number of hydrogen-bond donors (Lipinski definition) is 0. The van der Waals surface area contributed by atoms with Crippen LogP contribution in [-0.2, 0) is 0 Å². The zero-order valence-electron chi connectivity index (χ0n) is 19.9. The van der Waals surface area contributed by atoms with Gasteiger partial charge in [-0.05, 0) is 62.9 Å². The van der Waals surface area contributed by atoms with Gasteiger partial charge < -0.3 is 4.90 Å². The van der Waals surface area contributed by atoms with Crippen LogP contribution in [0.3, 0.4) is 0 Å². The highest BCUT2D eigenvalue weighted by molar-refractivity contribution is 5.89. The maximum absolute atomic E-state index is 4.69.